The van der Waals surface area contributed by atoms with Gasteiger partial charge in [-0.3, -0.25) is 4.98 Å². The zero-order valence-corrected chi connectivity index (χ0v) is 18.9. The number of aromatic nitrogens is 1. The van der Waals surface area contributed by atoms with E-state index in [1.54, 1.807) is 6.08 Å². The lowest BCUT2D eigenvalue weighted by atomic mass is 10.1. The van der Waals surface area contributed by atoms with Crippen molar-refractivity contribution in [3.05, 3.63) is 63.4 Å². The van der Waals surface area contributed by atoms with Gasteiger partial charge in [0.15, 0.2) is 0 Å². The molecule has 0 saturated carbocycles. The van der Waals surface area contributed by atoms with Gasteiger partial charge in [0, 0.05) is 12.7 Å². The average Bonchev–Trinajstić information content (AvgIpc) is 2.70. The van der Waals surface area contributed by atoms with Gasteiger partial charge in [-0.05, 0) is 67.8 Å². The number of hydrogen-bond acceptors (Lipinski definition) is 4. The van der Waals surface area contributed by atoms with Crippen molar-refractivity contribution in [2.75, 3.05) is 19.8 Å². The molecule has 0 aliphatic carbocycles. The lowest BCUT2D eigenvalue weighted by molar-refractivity contribution is -0.137. The van der Waals surface area contributed by atoms with E-state index in [9.17, 15) is 13.2 Å². The van der Waals surface area contributed by atoms with E-state index in [0.717, 1.165) is 47.7 Å². The number of aryl methyl sites for hydroxylation is 2. The monoisotopic (exact) mass is 476 g/mol. The fourth-order valence-electron chi connectivity index (χ4n) is 2.85. The minimum absolute atomic E-state index is 0.162. The number of ether oxygens (including phenoxy) is 2. The largest absolute Gasteiger partial charge is 0.493 e. The number of nitrogens with zero attached hydrogens (tertiary/aromatic N) is 1. The Labute approximate surface area is 190 Å². The third-order valence-electron chi connectivity index (χ3n) is 4.40. The van der Waals surface area contributed by atoms with Crippen LogP contribution in [0, 0.1) is 6.92 Å². The van der Waals surface area contributed by atoms with Crippen LogP contribution in [-0.4, -0.2) is 24.7 Å². The van der Waals surface area contributed by atoms with E-state index in [1.165, 1.54) is 6.07 Å². The number of halogens is 5. The first-order valence-electron chi connectivity index (χ1n) is 9.83. The molecule has 1 N–H and O–H groups in total. The van der Waals surface area contributed by atoms with E-state index in [0.29, 0.717) is 25.4 Å². The molecule has 0 spiro atoms. The van der Waals surface area contributed by atoms with Crippen LogP contribution in [0.4, 0.5) is 13.2 Å². The van der Waals surface area contributed by atoms with E-state index < -0.39 is 11.7 Å². The first-order chi connectivity index (χ1) is 14.7. The number of nitrogens with one attached hydrogen (secondary N) is 1. The zero-order valence-electron chi connectivity index (χ0n) is 17.4. The highest BCUT2D eigenvalue weighted by Gasteiger charge is 2.30. The van der Waals surface area contributed by atoms with Crippen LogP contribution in [0.2, 0.25) is 0 Å². The van der Waals surface area contributed by atoms with Crippen molar-refractivity contribution in [1.29, 1.82) is 0 Å². The van der Waals surface area contributed by atoms with Gasteiger partial charge in [0.1, 0.15) is 22.6 Å². The number of hydrogen-bond donors (Lipinski definition) is 1. The summed E-state index contributed by atoms with van der Waals surface area (Å²) in [5.41, 5.74) is 1.82. The van der Waals surface area contributed by atoms with Crippen LogP contribution < -0.4 is 14.8 Å². The molecule has 0 aliphatic heterocycles. The Morgan fingerprint density at radius 2 is 1.97 bits per heavy atom. The van der Waals surface area contributed by atoms with Gasteiger partial charge in [0.05, 0.1) is 17.9 Å². The standard InChI is InChI=1S/C22H25Cl2F3N2O2/c1-3-16-12-19(30-10-7-20(23)24)11-15(2)21(16)31-9-4-8-28-14-18-6-5-17(13-29-18)22(25,26)27/h5-7,11-13,28H,3-4,8-10,14H2,1-2H3. The molecule has 2 rings (SSSR count). The molecule has 0 unspecified atom stereocenters. The number of rotatable bonds is 11. The maximum absolute atomic E-state index is 12.6. The second kappa shape index (κ2) is 12.2. The van der Waals surface area contributed by atoms with E-state index in [-0.39, 0.29) is 11.1 Å². The predicted molar refractivity (Wildman–Crippen MR) is 117 cm³/mol. The van der Waals surface area contributed by atoms with Crippen LogP contribution in [0.15, 0.2) is 41.0 Å². The molecule has 1 heterocycles. The summed E-state index contributed by atoms with van der Waals surface area (Å²) < 4.78 is 49.4. The molecule has 1 aromatic heterocycles. The normalized spacial score (nSPS) is 11.3. The minimum atomic E-state index is -4.37. The Morgan fingerprint density at radius 3 is 2.58 bits per heavy atom. The molecule has 170 valence electrons. The Balaban J connectivity index is 1.78. The van der Waals surface area contributed by atoms with Gasteiger partial charge >= 0.3 is 6.18 Å². The SMILES string of the molecule is CCc1cc(OCC=C(Cl)Cl)cc(C)c1OCCCNCc1ccc(C(F)(F)F)cn1. The summed E-state index contributed by atoms with van der Waals surface area (Å²) in [6, 6.07) is 6.26. The van der Waals surface area contributed by atoms with Crippen LogP contribution >= 0.6 is 23.2 Å². The van der Waals surface area contributed by atoms with Crippen molar-refractivity contribution in [2.24, 2.45) is 0 Å². The first kappa shape index (κ1) is 25.3. The maximum atomic E-state index is 12.6. The van der Waals surface area contributed by atoms with Crippen LogP contribution in [0.25, 0.3) is 0 Å². The van der Waals surface area contributed by atoms with Crippen LogP contribution in [0.5, 0.6) is 11.5 Å². The second-order valence-electron chi connectivity index (χ2n) is 6.80. The van der Waals surface area contributed by atoms with E-state index in [4.69, 9.17) is 32.7 Å². The molecule has 0 amide bonds. The van der Waals surface area contributed by atoms with E-state index in [2.05, 4.69) is 10.3 Å². The van der Waals surface area contributed by atoms with Crippen LogP contribution in [0.3, 0.4) is 0 Å². The second-order valence-corrected chi connectivity index (χ2v) is 7.81. The van der Waals surface area contributed by atoms with Gasteiger partial charge in [0.2, 0.25) is 0 Å². The topological polar surface area (TPSA) is 43.4 Å². The third kappa shape index (κ3) is 8.59. The fraction of sp³-hybridized carbons (Fsp3) is 0.409. The molecule has 2 aromatic rings. The summed E-state index contributed by atoms with van der Waals surface area (Å²) in [6.45, 7) is 5.83. The maximum Gasteiger partial charge on any atom is 0.417 e. The molecule has 0 aliphatic rings. The highest BCUT2D eigenvalue weighted by atomic mass is 35.5. The van der Waals surface area contributed by atoms with Crippen LogP contribution in [-0.2, 0) is 19.1 Å². The predicted octanol–water partition coefficient (Wildman–Crippen LogP) is 6.23. The van der Waals surface area contributed by atoms with Crippen molar-refractivity contribution < 1.29 is 22.6 Å². The summed E-state index contributed by atoms with van der Waals surface area (Å²) in [5, 5.41) is 3.16. The molecule has 4 nitrogen and oxygen atoms in total. The van der Waals surface area contributed by atoms with Crippen molar-refractivity contribution in [2.45, 2.75) is 39.4 Å². The molecule has 0 bridgehead atoms. The highest BCUT2D eigenvalue weighted by molar-refractivity contribution is 6.55. The van der Waals surface area contributed by atoms with Crippen LogP contribution in [0.1, 0.15) is 35.7 Å². The van der Waals surface area contributed by atoms with E-state index in [1.807, 2.05) is 26.0 Å². The molecule has 0 saturated heterocycles. The molecule has 1 aromatic carbocycles. The highest BCUT2D eigenvalue weighted by Crippen LogP contribution is 2.30. The Morgan fingerprint density at radius 1 is 1.19 bits per heavy atom. The Hall–Kier alpha value is -1.96. The quantitative estimate of drug-likeness (QED) is 0.390. The number of alkyl halides is 3. The zero-order chi connectivity index (χ0) is 22.9. The van der Waals surface area contributed by atoms with Crippen molar-refractivity contribution in [1.82, 2.24) is 10.3 Å². The summed E-state index contributed by atoms with van der Waals surface area (Å²) >= 11 is 11.2. The lowest BCUT2D eigenvalue weighted by Crippen LogP contribution is -2.18. The first-order valence-corrected chi connectivity index (χ1v) is 10.6. The van der Waals surface area contributed by atoms with Gasteiger partial charge in [-0.1, -0.05) is 30.1 Å². The average molecular weight is 477 g/mol. The molecule has 0 fully saturated rings. The summed E-state index contributed by atoms with van der Waals surface area (Å²) in [6.07, 6.45) is -0.423. The molecule has 0 atom stereocenters. The van der Waals surface area contributed by atoms with E-state index >= 15 is 0 Å². The summed E-state index contributed by atoms with van der Waals surface area (Å²) in [5.74, 6) is 1.56. The molecular weight excluding hydrogens is 452 g/mol. The van der Waals surface area contributed by atoms with Gasteiger partial charge in [-0.25, -0.2) is 0 Å². The van der Waals surface area contributed by atoms with Gasteiger partial charge < -0.3 is 14.8 Å². The number of pyridine rings is 1. The van der Waals surface area contributed by atoms with Gasteiger partial charge in [-0.15, -0.1) is 0 Å². The third-order valence-corrected chi connectivity index (χ3v) is 4.70. The molecule has 31 heavy (non-hydrogen) atoms. The Kier molecular flexibility index (Phi) is 9.93. The lowest BCUT2D eigenvalue weighted by Gasteiger charge is -2.16. The number of benzene rings is 1. The summed E-state index contributed by atoms with van der Waals surface area (Å²) in [4.78, 5) is 3.84. The molecular formula is C22H25Cl2F3N2O2. The summed E-state index contributed by atoms with van der Waals surface area (Å²) in [7, 11) is 0. The smallest absolute Gasteiger partial charge is 0.417 e. The van der Waals surface area contributed by atoms with Gasteiger partial charge in [-0.2, -0.15) is 13.2 Å². The van der Waals surface area contributed by atoms with Gasteiger partial charge in [0.25, 0.3) is 0 Å². The molecule has 0 radical (unpaired) electrons. The minimum Gasteiger partial charge on any atom is -0.493 e. The van der Waals surface area contributed by atoms with Crippen molar-refractivity contribution >= 4 is 23.2 Å². The van der Waals surface area contributed by atoms with Crippen molar-refractivity contribution in [3.8, 4) is 11.5 Å². The Bertz CT molecular complexity index is 868. The molecule has 9 heteroatoms. The fourth-order valence-corrected chi connectivity index (χ4v) is 2.98. The van der Waals surface area contributed by atoms with Crippen molar-refractivity contribution in [3.63, 3.8) is 0 Å².